The number of likely N-dealkylation sites (tertiary alicyclic amines) is 2. The molecule has 3 unspecified atom stereocenters. The third kappa shape index (κ3) is 3.39. The number of β-amino-alcohol motifs (C(OH)–C–C–N with tert-alkyl or cyclic N) is 1. The van der Waals surface area contributed by atoms with Gasteiger partial charge in [-0.15, -0.1) is 0 Å². The van der Waals surface area contributed by atoms with Gasteiger partial charge in [-0.2, -0.15) is 0 Å². The normalized spacial score (nSPS) is 32.3. The Hall–Kier alpha value is -0.810. The van der Waals surface area contributed by atoms with Crippen molar-refractivity contribution >= 4 is 6.09 Å². The quantitative estimate of drug-likeness (QED) is 0.818. The van der Waals surface area contributed by atoms with E-state index in [1.807, 2.05) is 13.8 Å². The van der Waals surface area contributed by atoms with Crippen LogP contribution in [0.5, 0.6) is 0 Å². The summed E-state index contributed by atoms with van der Waals surface area (Å²) in [7, 11) is 2.08. The monoisotopic (exact) mass is 270 g/mol. The van der Waals surface area contributed by atoms with Gasteiger partial charge in [-0.25, -0.2) is 4.79 Å². The maximum absolute atomic E-state index is 12.0. The van der Waals surface area contributed by atoms with Crippen molar-refractivity contribution in [3.63, 3.8) is 0 Å². The zero-order valence-electron chi connectivity index (χ0n) is 12.2. The lowest BCUT2D eigenvalue weighted by atomic mass is 9.82. The van der Waals surface area contributed by atoms with Crippen LogP contribution in [0, 0.1) is 11.8 Å². The zero-order chi connectivity index (χ0) is 14.0. The number of ether oxygens (including phenoxy) is 1. The zero-order valence-corrected chi connectivity index (χ0v) is 12.2. The molecule has 0 bridgehead atoms. The number of aliphatic hydroxyl groups is 1. The van der Waals surface area contributed by atoms with Gasteiger partial charge >= 0.3 is 6.09 Å². The third-order valence-corrected chi connectivity index (χ3v) is 4.22. The van der Waals surface area contributed by atoms with E-state index in [0.717, 1.165) is 19.4 Å². The average molecular weight is 270 g/mol. The molecular weight excluding hydrogens is 244 g/mol. The van der Waals surface area contributed by atoms with Crippen LogP contribution in [0.15, 0.2) is 0 Å². The molecule has 1 N–H and O–H groups in total. The number of amides is 1. The van der Waals surface area contributed by atoms with Crippen LogP contribution < -0.4 is 0 Å². The Morgan fingerprint density at radius 3 is 2.84 bits per heavy atom. The number of hydrogen-bond acceptors (Lipinski definition) is 4. The molecule has 0 spiro atoms. The van der Waals surface area contributed by atoms with Crippen LogP contribution in [0.2, 0.25) is 0 Å². The minimum Gasteiger partial charge on any atom is -0.449 e. The Balaban J connectivity index is 1.95. The van der Waals surface area contributed by atoms with Gasteiger partial charge in [0.1, 0.15) is 0 Å². The smallest absolute Gasteiger partial charge is 0.409 e. The molecule has 2 fully saturated rings. The molecular formula is C14H26N2O3. The van der Waals surface area contributed by atoms with Crippen LogP contribution in [0.3, 0.4) is 0 Å². The molecule has 0 aromatic rings. The maximum Gasteiger partial charge on any atom is 0.409 e. The molecule has 3 atom stereocenters. The molecule has 2 heterocycles. The lowest BCUT2D eigenvalue weighted by Gasteiger charge is -2.47. The van der Waals surface area contributed by atoms with Crippen LogP contribution in [-0.4, -0.2) is 66.4 Å². The van der Waals surface area contributed by atoms with Gasteiger partial charge in [-0.05, 0) is 32.4 Å². The second-order valence-corrected chi connectivity index (χ2v) is 6.30. The molecule has 110 valence electrons. The molecule has 2 saturated heterocycles. The van der Waals surface area contributed by atoms with Gasteiger partial charge in [-0.1, -0.05) is 13.8 Å². The SMILES string of the molecule is CC(C)COC(=O)N1CC(O)C2CCCN(C)C2C1. The van der Waals surface area contributed by atoms with E-state index < -0.39 is 6.10 Å². The topological polar surface area (TPSA) is 53.0 Å². The number of hydrogen-bond donors (Lipinski definition) is 1. The second kappa shape index (κ2) is 6.09. The summed E-state index contributed by atoms with van der Waals surface area (Å²) < 4.78 is 5.26. The van der Waals surface area contributed by atoms with Crippen molar-refractivity contribution in [2.75, 3.05) is 33.3 Å². The standard InChI is InChI=1S/C14H26N2O3/c1-10(2)9-19-14(18)16-7-12-11(13(17)8-16)5-4-6-15(12)3/h10-13,17H,4-9H2,1-3H3. The molecule has 1 amide bonds. The summed E-state index contributed by atoms with van der Waals surface area (Å²) in [5, 5.41) is 10.2. The molecule has 5 nitrogen and oxygen atoms in total. The summed E-state index contributed by atoms with van der Waals surface area (Å²) in [5.41, 5.74) is 0. The predicted octanol–water partition coefficient (Wildman–Crippen LogP) is 1.17. The van der Waals surface area contributed by atoms with Crippen LogP contribution in [-0.2, 0) is 4.74 Å². The highest BCUT2D eigenvalue weighted by molar-refractivity contribution is 5.68. The molecule has 0 aliphatic carbocycles. The number of aliphatic hydroxyl groups excluding tert-OH is 1. The number of piperidine rings is 2. The fraction of sp³-hybridized carbons (Fsp3) is 0.929. The highest BCUT2D eigenvalue weighted by Gasteiger charge is 2.41. The molecule has 0 aromatic carbocycles. The van der Waals surface area contributed by atoms with Gasteiger partial charge in [0, 0.05) is 18.5 Å². The third-order valence-electron chi connectivity index (χ3n) is 4.22. The van der Waals surface area contributed by atoms with Crippen LogP contribution in [0.4, 0.5) is 4.79 Å². The highest BCUT2D eigenvalue weighted by Crippen LogP contribution is 2.30. The maximum atomic E-state index is 12.0. The van der Waals surface area contributed by atoms with Crippen LogP contribution in [0.25, 0.3) is 0 Å². The van der Waals surface area contributed by atoms with Gasteiger partial charge in [-0.3, -0.25) is 0 Å². The van der Waals surface area contributed by atoms with Crippen molar-refractivity contribution in [1.29, 1.82) is 0 Å². The van der Waals surface area contributed by atoms with E-state index in [9.17, 15) is 9.90 Å². The Labute approximate surface area is 115 Å². The summed E-state index contributed by atoms with van der Waals surface area (Å²) in [6.07, 6.45) is 1.48. The fourth-order valence-electron chi connectivity index (χ4n) is 3.12. The van der Waals surface area contributed by atoms with E-state index in [1.165, 1.54) is 0 Å². The molecule has 2 aliphatic heterocycles. The molecule has 2 aliphatic rings. The number of fused-ring (bicyclic) bond motifs is 1. The van der Waals surface area contributed by atoms with Gasteiger partial charge in [0.25, 0.3) is 0 Å². The van der Waals surface area contributed by atoms with Crippen LogP contribution >= 0.6 is 0 Å². The fourth-order valence-corrected chi connectivity index (χ4v) is 3.12. The van der Waals surface area contributed by atoms with Crippen molar-refractivity contribution in [1.82, 2.24) is 9.80 Å². The number of rotatable bonds is 2. The summed E-state index contributed by atoms with van der Waals surface area (Å²) in [4.78, 5) is 15.9. The molecule has 0 radical (unpaired) electrons. The average Bonchev–Trinajstić information content (AvgIpc) is 2.37. The lowest BCUT2D eigenvalue weighted by Crippen LogP contribution is -2.60. The van der Waals surface area contributed by atoms with E-state index in [-0.39, 0.29) is 12.1 Å². The minimum absolute atomic E-state index is 0.268. The van der Waals surface area contributed by atoms with Crippen molar-refractivity contribution in [2.45, 2.75) is 38.8 Å². The van der Waals surface area contributed by atoms with E-state index in [1.54, 1.807) is 4.90 Å². The molecule has 5 heteroatoms. The van der Waals surface area contributed by atoms with Crippen LogP contribution in [0.1, 0.15) is 26.7 Å². The summed E-state index contributed by atoms with van der Waals surface area (Å²) in [5.74, 6) is 0.636. The number of carbonyl (C=O) groups is 1. The predicted molar refractivity (Wildman–Crippen MR) is 72.9 cm³/mol. The van der Waals surface area contributed by atoms with E-state index in [2.05, 4.69) is 11.9 Å². The van der Waals surface area contributed by atoms with Gasteiger partial charge in [0.15, 0.2) is 0 Å². The Morgan fingerprint density at radius 2 is 2.16 bits per heavy atom. The first-order chi connectivity index (χ1) is 8.99. The van der Waals surface area contributed by atoms with Gasteiger partial charge < -0.3 is 19.6 Å². The number of likely N-dealkylation sites (N-methyl/N-ethyl adjacent to an activating group) is 1. The Kier molecular flexibility index (Phi) is 4.68. The molecule has 2 rings (SSSR count). The van der Waals surface area contributed by atoms with Crippen molar-refractivity contribution in [2.24, 2.45) is 11.8 Å². The number of carbonyl (C=O) groups excluding carboxylic acids is 1. The summed E-state index contributed by atoms with van der Waals surface area (Å²) >= 11 is 0. The summed E-state index contributed by atoms with van der Waals surface area (Å²) in [6.45, 7) is 6.60. The minimum atomic E-state index is -0.423. The van der Waals surface area contributed by atoms with Gasteiger partial charge in [0.2, 0.25) is 0 Å². The van der Waals surface area contributed by atoms with Crippen molar-refractivity contribution in [3.8, 4) is 0 Å². The number of nitrogens with zero attached hydrogens (tertiary/aromatic N) is 2. The van der Waals surface area contributed by atoms with Crippen molar-refractivity contribution in [3.05, 3.63) is 0 Å². The Morgan fingerprint density at radius 1 is 1.42 bits per heavy atom. The van der Waals surface area contributed by atoms with Crippen molar-refractivity contribution < 1.29 is 14.6 Å². The molecule has 19 heavy (non-hydrogen) atoms. The lowest BCUT2D eigenvalue weighted by molar-refractivity contribution is -0.0506. The highest BCUT2D eigenvalue weighted by atomic mass is 16.6. The largest absolute Gasteiger partial charge is 0.449 e. The summed E-state index contributed by atoms with van der Waals surface area (Å²) in [6, 6.07) is 0.268. The molecule has 0 saturated carbocycles. The Bertz CT molecular complexity index is 322. The second-order valence-electron chi connectivity index (χ2n) is 6.30. The molecule has 0 aromatic heterocycles. The first kappa shape index (κ1) is 14.6. The van der Waals surface area contributed by atoms with Gasteiger partial charge in [0.05, 0.1) is 19.3 Å². The van der Waals surface area contributed by atoms with E-state index in [0.29, 0.717) is 31.5 Å². The van der Waals surface area contributed by atoms with E-state index >= 15 is 0 Å². The first-order valence-corrected chi connectivity index (χ1v) is 7.29. The van der Waals surface area contributed by atoms with E-state index in [4.69, 9.17) is 4.74 Å². The first-order valence-electron chi connectivity index (χ1n) is 7.29.